The van der Waals surface area contributed by atoms with Crippen LogP contribution >= 0.6 is 0 Å². The zero-order valence-corrected chi connectivity index (χ0v) is 10.7. The molecule has 0 bridgehead atoms. The quantitative estimate of drug-likeness (QED) is 0.593. The number of cyclic esters (lactones) is 1. The molecule has 0 N–H and O–H groups in total. The molecule has 0 unspecified atom stereocenters. The molecular formula is C13H20O3. The highest BCUT2D eigenvalue weighted by molar-refractivity contribution is 5.92. The average Bonchev–Trinajstić information content (AvgIpc) is 2.13. The van der Waals surface area contributed by atoms with E-state index in [2.05, 4.69) is 0 Å². The van der Waals surface area contributed by atoms with Gasteiger partial charge in [-0.25, -0.2) is 0 Å². The number of ketones is 1. The van der Waals surface area contributed by atoms with Crippen molar-refractivity contribution in [1.82, 2.24) is 0 Å². The minimum absolute atomic E-state index is 0.160. The van der Waals surface area contributed by atoms with Crippen molar-refractivity contribution in [1.29, 1.82) is 0 Å². The lowest BCUT2D eigenvalue weighted by molar-refractivity contribution is -0.184. The maximum atomic E-state index is 12.4. The minimum atomic E-state index is -0.658. The summed E-state index contributed by atoms with van der Waals surface area (Å²) in [5, 5.41) is 0. The predicted octanol–water partition coefficient (Wildman–Crippen LogP) is 2.33. The van der Waals surface area contributed by atoms with Gasteiger partial charge in [0.05, 0.1) is 12.3 Å². The van der Waals surface area contributed by atoms with Crippen LogP contribution in [-0.2, 0) is 14.3 Å². The Bertz CT molecular complexity index is 367. The van der Waals surface area contributed by atoms with E-state index in [9.17, 15) is 9.59 Å². The van der Waals surface area contributed by atoms with Crippen molar-refractivity contribution in [3.63, 3.8) is 0 Å². The van der Waals surface area contributed by atoms with Gasteiger partial charge in [0, 0.05) is 5.41 Å². The Labute approximate surface area is 96.5 Å². The normalized spacial score (nSPS) is 40.4. The van der Waals surface area contributed by atoms with Crippen molar-refractivity contribution in [2.75, 3.05) is 0 Å². The lowest BCUT2D eigenvalue weighted by atomic mass is 9.68. The van der Waals surface area contributed by atoms with Gasteiger partial charge in [0.15, 0.2) is 0 Å². The molecule has 1 saturated heterocycles. The number of hydrogen-bond donors (Lipinski definition) is 0. The van der Waals surface area contributed by atoms with Crippen LogP contribution in [0.4, 0.5) is 0 Å². The summed E-state index contributed by atoms with van der Waals surface area (Å²) in [6.45, 7) is 9.70. The number of Topliss-reactive ketones (excluding diaryl/α,β-unsaturated/α-hetero) is 1. The van der Waals surface area contributed by atoms with Gasteiger partial charge < -0.3 is 4.74 Å². The fraction of sp³-hybridized carbons (Fsp3) is 0.846. The Balaban J connectivity index is 2.49. The summed E-state index contributed by atoms with van der Waals surface area (Å²) in [5.74, 6) is -0.0885. The van der Waals surface area contributed by atoms with Crippen molar-refractivity contribution >= 4 is 11.8 Å². The molecule has 16 heavy (non-hydrogen) atoms. The highest BCUT2D eigenvalue weighted by Gasteiger charge is 2.63. The van der Waals surface area contributed by atoms with Crippen LogP contribution in [0.15, 0.2) is 0 Å². The number of hydrogen-bond acceptors (Lipinski definition) is 3. The van der Waals surface area contributed by atoms with Gasteiger partial charge in [0.2, 0.25) is 0 Å². The molecule has 0 spiro atoms. The largest absolute Gasteiger partial charge is 0.459 e. The van der Waals surface area contributed by atoms with Crippen molar-refractivity contribution in [3.05, 3.63) is 0 Å². The van der Waals surface area contributed by atoms with Crippen molar-refractivity contribution in [2.45, 2.75) is 53.1 Å². The molecule has 0 aromatic rings. The highest BCUT2D eigenvalue weighted by Crippen LogP contribution is 2.58. The first-order chi connectivity index (χ1) is 7.08. The van der Waals surface area contributed by atoms with Crippen LogP contribution in [0.1, 0.15) is 47.5 Å². The van der Waals surface area contributed by atoms with Crippen LogP contribution in [0.3, 0.4) is 0 Å². The number of carbonyl (C=O) groups excluding carboxylic acids is 2. The molecule has 0 aromatic heterocycles. The van der Waals surface area contributed by atoms with Crippen LogP contribution in [0, 0.1) is 16.7 Å². The molecule has 1 heterocycles. The van der Waals surface area contributed by atoms with E-state index in [1.54, 1.807) is 0 Å². The first kappa shape index (κ1) is 11.6. The molecule has 0 radical (unpaired) electrons. The van der Waals surface area contributed by atoms with Gasteiger partial charge in [-0.15, -0.1) is 0 Å². The Kier molecular flexibility index (Phi) is 2.09. The molecule has 1 aliphatic heterocycles. The van der Waals surface area contributed by atoms with Crippen LogP contribution in [0.25, 0.3) is 0 Å². The molecular weight excluding hydrogens is 204 g/mol. The van der Waals surface area contributed by atoms with Gasteiger partial charge in [0.1, 0.15) is 11.4 Å². The summed E-state index contributed by atoms with van der Waals surface area (Å²) in [4.78, 5) is 24.0. The number of fused-ring (bicyclic) bond motifs is 1. The molecule has 90 valence electrons. The lowest BCUT2D eigenvalue weighted by Crippen LogP contribution is -2.51. The van der Waals surface area contributed by atoms with E-state index < -0.39 is 5.60 Å². The van der Waals surface area contributed by atoms with Crippen LogP contribution in [-0.4, -0.2) is 17.4 Å². The molecule has 2 fully saturated rings. The van der Waals surface area contributed by atoms with Gasteiger partial charge in [0.25, 0.3) is 0 Å². The summed E-state index contributed by atoms with van der Waals surface area (Å²) < 4.78 is 5.36. The van der Waals surface area contributed by atoms with Crippen molar-refractivity contribution < 1.29 is 14.3 Å². The third-order valence-electron chi connectivity index (χ3n) is 4.09. The summed E-state index contributed by atoms with van der Waals surface area (Å²) in [6.07, 6.45) is 1.15. The van der Waals surface area contributed by atoms with Crippen molar-refractivity contribution in [3.8, 4) is 0 Å². The van der Waals surface area contributed by atoms with E-state index in [1.165, 1.54) is 0 Å². The SMILES string of the molecule is CC1(C)C[C@@]2(C)CC(=O)OC(C)(C)[C@H]2C1=O. The fourth-order valence-corrected chi connectivity index (χ4v) is 3.94. The number of esters is 1. The molecule has 2 rings (SSSR count). The second kappa shape index (κ2) is 2.88. The third kappa shape index (κ3) is 1.40. The van der Waals surface area contributed by atoms with Crippen LogP contribution in [0.5, 0.6) is 0 Å². The fourth-order valence-electron chi connectivity index (χ4n) is 3.94. The highest BCUT2D eigenvalue weighted by atomic mass is 16.6. The first-order valence-corrected chi connectivity index (χ1v) is 5.85. The maximum absolute atomic E-state index is 12.4. The number of carbonyl (C=O) groups is 2. The lowest BCUT2D eigenvalue weighted by Gasteiger charge is -2.44. The van der Waals surface area contributed by atoms with E-state index in [1.807, 2.05) is 34.6 Å². The third-order valence-corrected chi connectivity index (χ3v) is 4.09. The summed E-state index contributed by atoms with van der Waals surface area (Å²) in [7, 11) is 0. The van der Waals surface area contributed by atoms with Crippen LogP contribution in [0.2, 0.25) is 0 Å². The monoisotopic (exact) mass is 224 g/mol. The minimum Gasteiger partial charge on any atom is -0.459 e. The summed E-state index contributed by atoms with van der Waals surface area (Å²) in [6, 6.07) is 0. The van der Waals surface area contributed by atoms with Gasteiger partial charge in [-0.3, -0.25) is 9.59 Å². The zero-order chi connectivity index (χ0) is 12.4. The van der Waals surface area contributed by atoms with Gasteiger partial charge in [-0.2, -0.15) is 0 Å². The molecule has 2 atom stereocenters. The average molecular weight is 224 g/mol. The zero-order valence-electron chi connectivity index (χ0n) is 10.7. The molecule has 3 nitrogen and oxygen atoms in total. The molecule has 0 aromatic carbocycles. The predicted molar refractivity (Wildman–Crippen MR) is 59.8 cm³/mol. The number of rotatable bonds is 0. The summed E-state index contributed by atoms with van der Waals surface area (Å²) >= 11 is 0. The topological polar surface area (TPSA) is 43.4 Å². The molecule has 3 heteroatoms. The smallest absolute Gasteiger partial charge is 0.306 e. The van der Waals surface area contributed by atoms with E-state index in [0.717, 1.165) is 6.42 Å². The van der Waals surface area contributed by atoms with Crippen molar-refractivity contribution in [2.24, 2.45) is 16.7 Å². The van der Waals surface area contributed by atoms with Crippen LogP contribution < -0.4 is 0 Å². The van der Waals surface area contributed by atoms with Gasteiger partial charge in [-0.1, -0.05) is 20.8 Å². The van der Waals surface area contributed by atoms with Gasteiger partial charge >= 0.3 is 5.97 Å². The Morgan fingerprint density at radius 1 is 1.12 bits per heavy atom. The first-order valence-electron chi connectivity index (χ1n) is 5.85. The number of ether oxygens (including phenoxy) is 1. The van der Waals surface area contributed by atoms with E-state index in [0.29, 0.717) is 6.42 Å². The molecule has 2 aliphatic rings. The summed E-state index contributed by atoms with van der Waals surface area (Å²) in [5.41, 5.74) is -1.21. The standard InChI is InChI=1S/C13H20O3/c1-11(2)7-13(5)6-8(14)16-12(3,4)9(13)10(11)15/h9H,6-7H2,1-5H3/t9-,13-/m1/s1. The van der Waals surface area contributed by atoms with E-state index in [-0.39, 0.29) is 28.5 Å². The Morgan fingerprint density at radius 2 is 1.69 bits per heavy atom. The molecule has 0 amide bonds. The molecule has 1 aliphatic carbocycles. The maximum Gasteiger partial charge on any atom is 0.306 e. The second-order valence-electron chi connectivity index (χ2n) is 6.77. The second-order valence-corrected chi connectivity index (χ2v) is 6.77. The molecule has 1 saturated carbocycles. The van der Waals surface area contributed by atoms with E-state index in [4.69, 9.17) is 4.74 Å². The van der Waals surface area contributed by atoms with Gasteiger partial charge in [-0.05, 0) is 25.7 Å². The van der Waals surface area contributed by atoms with E-state index >= 15 is 0 Å². The Hall–Kier alpha value is -0.860. The Morgan fingerprint density at radius 3 is 2.25 bits per heavy atom.